The minimum atomic E-state index is -1.64. The highest BCUT2D eigenvalue weighted by Gasteiger charge is 2.20. The average Bonchev–Trinajstić information content (AvgIpc) is 2.84. The first-order valence-electron chi connectivity index (χ1n) is 5.76. The lowest BCUT2D eigenvalue weighted by Crippen LogP contribution is -2.26. The zero-order valence-corrected chi connectivity index (χ0v) is 9.65. The molecule has 0 saturated carbocycles. The molecule has 1 N–H and O–H groups in total. The van der Waals surface area contributed by atoms with Crippen molar-refractivity contribution in [1.82, 2.24) is 9.88 Å². The summed E-state index contributed by atoms with van der Waals surface area (Å²) in [5.74, 6) is -6.26. The molecule has 1 saturated heterocycles. The molecule has 1 aliphatic heterocycles. The molecule has 1 aliphatic rings. The number of hydrogen-bond acceptors (Lipinski definition) is 3. The van der Waals surface area contributed by atoms with Gasteiger partial charge in [-0.25, -0.2) is 0 Å². The van der Waals surface area contributed by atoms with Crippen molar-refractivity contribution in [2.45, 2.75) is 12.8 Å². The average molecular weight is 263 g/mol. The normalized spacial score (nSPS) is 16.2. The number of likely N-dealkylation sites (tertiary alicyclic amines) is 1. The van der Waals surface area contributed by atoms with Crippen LogP contribution >= 0.6 is 0 Å². The Morgan fingerprint density at radius 3 is 2.11 bits per heavy atom. The van der Waals surface area contributed by atoms with Gasteiger partial charge in [0.2, 0.25) is 11.6 Å². The van der Waals surface area contributed by atoms with Crippen LogP contribution in [0.25, 0.3) is 0 Å². The van der Waals surface area contributed by atoms with Crippen molar-refractivity contribution in [2.24, 2.45) is 0 Å². The lowest BCUT2D eigenvalue weighted by Gasteiger charge is -2.15. The number of anilines is 1. The minimum absolute atomic E-state index is 0.219. The Labute approximate surface area is 102 Å². The van der Waals surface area contributed by atoms with Crippen LogP contribution in [0.5, 0.6) is 0 Å². The summed E-state index contributed by atoms with van der Waals surface area (Å²) >= 11 is 0. The Hall–Kier alpha value is -1.37. The van der Waals surface area contributed by atoms with E-state index in [2.05, 4.69) is 15.2 Å². The molecule has 0 aliphatic carbocycles. The molecule has 3 nitrogen and oxygen atoms in total. The molecule has 7 heteroatoms. The van der Waals surface area contributed by atoms with Crippen LogP contribution in [-0.2, 0) is 0 Å². The number of rotatable bonds is 4. The van der Waals surface area contributed by atoms with Gasteiger partial charge in [0.25, 0.3) is 11.9 Å². The van der Waals surface area contributed by atoms with Gasteiger partial charge in [-0.2, -0.15) is 22.5 Å². The van der Waals surface area contributed by atoms with Crippen LogP contribution < -0.4 is 5.32 Å². The predicted molar refractivity (Wildman–Crippen MR) is 58.2 cm³/mol. The molecule has 1 aromatic heterocycles. The highest BCUT2D eigenvalue weighted by Crippen LogP contribution is 2.21. The third-order valence-corrected chi connectivity index (χ3v) is 2.93. The van der Waals surface area contributed by atoms with Crippen molar-refractivity contribution in [2.75, 3.05) is 31.5 Å². The molecule has 0 spiro atoms. The number of aromatic nitrogens is 1. The smallest absolute Gasteiger partial charge is 0.253 e. The van der Waals surface area contributed by atoms with Gasteiger partial charge in [-0.05, 0) is 25.9 Å². The summed E-state index contributed by atoms with van der Waals surface area (Å²) in [4.78, 5) is 4.59. The third-order valence-electron chi connectivity index (χ3n) is 2.93. The van der Waals surface area contributed by atoms with Crippen molar-refractivity contribution in [3.63, 3.8) is 0 Å². The largest absolute Gasteiger partial charge is 0.379 e. The molecule has 0 bridgehead atoms. The first kappa shape index (κ1) is 13.1. The monoisotopic (exact) mass is 263 g/mol. The zero-order valence-electron chi connectivity index (χ0n) is 9.65. The quantitative estimate of drug-likeness (QED) is 0.666. The molecule has 0 unspecified atom stereocenters. The molecule has 0 atom stereocenters. The van der Waals surface area contributed by atoms with Gasteiger partial charge in [0.1, 0.15) is 5.69 Å². The fourth-order valence-electron chi connectivity index (χ4n) is 1.99. The summed E-state index contributed by atoms with van der Waals surface area (Å²) in [6.07, 6.45) is 2.20. The number of hydrogen-bond donors (Lipinski definition) is 1. The van der Waals surface area contributed by atoms with Crippen LogP contribution in [0.4, 0.5) is 23.2 Å². The molecule has 0 amide bonds. The van der Waals surface area contributed by atoms with Crippen LogP contribution in [0, 0.1) is 23.5 Å². The summed E-state index contributed by atoms with van der Waals surface area (Å²) in [5.41, 5.74) is -0.792. The van der Waals surface area contributed by atoms with Crippen LogP contribution in [0.3, 0.4) is 0 Å². The maximum Gasteiger partial charge on any atom is 0.253 e. The molecule has 1 fully saturated rings. The summed E-state index contributed by atoms with van der Waals surface area (Å²) in [6.45, 7) is 2.67. The molecule has 2 rings (SSSR count). The van der Waals surface area contributed by atoms with Gasteiger partial charge < -0.3 is 10.2 Å². The van der Waals surface area contributed by atoms with Crippen molar-refractivity contribution in [1.29, 1.82) is 0 Å². The first-order valence-corrected chi connectivity index (χ1v) is 5.76. The van der Waals surface area contributed by atoms with Crippen molar-refractivity contribution in [3.05, 3.63) is 23.5 Å². The highest BCUT2D eigenvalue weighted by molar-refractivity contribution is 5.45. The SMILES string of the molecule is Fc1nc(F)c(F)c(NCCN2CCCC2)c1F. The molecule has 0 aromatic carbocycles. The van der Waals surface area contributed by atoms with Crippen LogP contribution in [0.2, 0.25) is 0 Å². The van der Waals surface area contributed by atoms with E-state index in [0.717, 1.165) is 25.9 Å². The van der Waals surface area contributed by atoms with Gasteiger partial charge in [0, 0.05) is 13.1 Å². The van der Waals surface area contributed by atoms with Crippen molar-refractivity contribution < 1.29 is 17.6 Å². The van der Waals surface area contributed by atoms with E-state index in [1.807, 2.05) is 0 Å². The standard InChI is InChI=1S/C11H13F4N3/c12-7-9(8(13)11(15)17-10(7)14)16-3-6-18-4-1-2-5-18/h1-6H2,(H,16,17). The van der Waals surface area contributed by atoms with E-state index in [-0.39, 0.29) is 6.54 Å². The molecular formula is C11H13F4N3. The van der Waals surface area contributed by atoms with E-state index in [9.17, 15) is 17.6 Å². The van der Waals surface area contributed by atoms with E-state index >= 15 is 0 Å². The minimum Gasteiger partial charge on any atom is -0.379 e. The number of halogens is 4. The van der Waals surface area contributed by atoms with E-state index < -0.39 is 29.2 Å². The second-order valence-electron chi connectivity index (χ2n) is 4.17. The Bertz CT molecular complexity index is 407. The topological polar surface area (TPSA) is 28.2 Å². The van der Waals surface area contributed by atoms with E-state index in [1.165, 1.54) is 0 Å². The van der Waals surface area contributed by atoms with E-state index in [1.54, 1.807) is 0 Å². The maximum absolute atomic E-state index is 13.2. The Morgan fingerprint density at radius 1 is 1.00 bits per heavy atom. The van der Waals surface area contributed by atoms with Gasteiger partial charge in [-0.3, -0.25) is 0 Å². The Kier molecular flexibility index (Phi) is 4.00. The first-order chi connectivity index (χ1) is 8.59. The molecule has 100 valence electrons. The molecule has 1 aromatic rings. The summed E-state index contributed by atoms with van der Waals surface area (Å²) in [6, 6.07) is 0. The predicted octanol–water partition coefficient (Wildman–Crippen LogP) is 2.15. The van der Waals surface area contributed by atoms with Gasteiger partial charge in [0.15, 0.2) is 0 Å². The fourth-order valence-corrected chi connectivity index (χ4v) is 1.99. The van der Waals surface area contributed by atoms with E-state index in [0.29, 0.717) is 6.54 Å². The fraction of sp³-hybridized carbons (Fsp3) is 0.545. The van der Waals surface area contributed by atoms with Crippen LogP contribution in [0.1, 0.15) is 12.8 Å². The lowest BCUT2D eigenvalue weighted by atomic mass is 10.3. The van der Waals surface area contributed by atoms with E-state index in [4.69, 9.17) is 0 Å². The number of nitrogens with zero attached hydrogens (tertiary/aromatic N) is 2. The van der Waals surface area contributed by atoms with Crippen molar-refractivity contribution in [3.8, 4) is 0 Å². The Balaban J connectivity index is 1.99. The zero-order chi connectivity index (χ0) is 13.1. The van der Waals surface area contributed by atoms with Crippen LogP contribution in [0.15, 0.2) is 0 Å². The summed E-state index contributed by atoms with van der Waals surface area (Å²) in [7, 11) is 0. The summed E-state index contributed by atoms with van der Waals surface area (Å²) in [5, 5.41) is 2.38. The molecule has 0 radical (unpaired) electrons. The summed E-state index contributed by atoms with van der Waals surface area (Å²) < 4.78 is 52.1. The van der Waals surface area contributed by atoms with Gasteiger partial charge >= 0.3 is 0 Å². The van der Waals surface area contributed by atoms with Gasteiger partial charge in [-0.1, -0.05) is 0 Å². The second kappa shape index (κ2) is 5.51. The third kappa shape index (κ3) is 2.72. The van der Waals surface area contributed by atoms with Gasteiger partial charge in [0.05, 0.1) is 0 Å². The lowest BCUT2D eigenvalue weighted by molar-refractivity contribution is 0.351. The number of pyridine rings is 1. The van der Waals surface area contributed by atoms with Crippen LogP contribution in [-0.4, -0.2) is 36.1 Å². The molecule has 2 heterocycles. The highest BCUT2D eigenvalue weighted by atomic mass is 19.2. The number of nitrogens with one attached hydrogen (secondary N) is 1. The Morgan fingerprint density at radius 2 is 1.56 bits per heavy atom. The molecule has 18 heavy (non-hydrogen) atoms. The van der Waals surface area contributed by atoms with Gasteiger partial charge in [-0.15, -0.1) is 0 Å². The maximum atomic E-state index is 13.2. The molecular weight excluding hydrogens is 250 g/mol. The second-order valence-corrected chi connectivity index (χ2v) is 4.17. The van der Waals surface area contributed by atoms with Crippen molar-refractivity contribution >= 4 is 5.69 Å².